The van der Waals surface area contributed by atoms with Crippen LogP contribution in [0.1, 0.15) is 57.6 Å². The number of rotatable bonds is 13. The molecule has 234 valence electrons. The molecule has 2 aromatic rings. The van der Waals surface area contributed by atoms with Crippen molar-refractivity contribution in [3.05, 3.63) is 27.9 Å². The first-order chi connectivity index (χ1) is 19.4. The van der Waals surface area contributed by atoms with E-state index in [1.807, 2.05) is 13.8 Å². The van der Waals surface area contributed by atoms with Crippen LogP contribution in [0.4, 0.5) is 0 Å². The third-order valence-corrected chi connectivity index (χ3v) is 9.38. The molecule has 1 fully saturated rings. The molecule has 5 atom stereocenters. The number of ketones is 1. The van der Waals surface area contributed by atoms with Gasteiger partial charge >= 0.3 is 23.5 Å². The molecule has 0 amide bonds. The van der Waals surface area contributed by atoms with E-state index in [9.17, 15) is 33.1 Å². The number of hydrogen-bond donors (Lipinski definition) is 5. The van der Waals surface area contributed by atoms with Crippen molar-refractivity contribution in [3.8, 4) is 11.8 Å². The lowest BCUT2D eigenvalue weighted by Crippen LogP contribution is -2.30. The lowest BCUT2D eigenvalue weighted by Gasteiger charge is -2.21. The number of aromatic amines is 1. The van der Waals surface area contributed by atoms with Crippen molar-refractivity contribution in [3.63, 3.8) is 0 Å². The first kappa shape index (κ1) is 34.5. The minimum atomic E-state index is -5.70. The Bertz CT molecular complexity index is 1570. The molecule has 1 saturated heterocycles. The molecule has 0 saturated carbocycles. The van der Waals surface area contributed by atoms with E-state index >= 15 is 0 Å². The highest BCUT2D eigenvalue weighted by molar-refractivity contribution is 7.66. The molecule has 17 nitrogen and oxygen atoms in total. The summed E-state index contributed by atoms with van der Waals surface area (Å²) in [7, 11) is -16.7. The van der Waals surface area contributed by atoms with E-state index < -0.39 is 54.1 Å². The smallest absolute Gasteiger partial charge is 0.375 e. The zero-order chi connectivity index (χ0) is 31.5. The van der Waals surface area contributed by atoms with E-state index in [4.69, 9.17) is 23.8 Å². The van der Waals surface area contributed by atoms with Crippen LogP contribution in [0, 0.1) is 24.7 Å². The highest BCUT2D eigenvalue weighted by Gasteiger charge is 2.43. The van der Waals surface area contributed by atoms with Gasteiger partial charge in [0.05, 0.1) is 23.7 Å². The zero-order valence-corrected chi connectivity index (χ0v) is 25.7. The Hall–Kier alpha value is -2.02. The SMILES string of the molecule is CC(=O)CCC#Cc1cn([C@H]2CC(OCC(C)C)[C@@H](COP(=O)(O)OP(=O)(O)OP(=O)(O)O)O2)c2nc(C)[nH]c(=O)c12. The number of carbonyl (C=O) groups excluding carboxylic acids is 1. The summed E-state index contributed by atoms with van der Waals surface area (Å²) < 4.78 is 60.6. The number of nitrogens with one attached hydrogen (secondary N) is 1. The minimum absolute atomic E-state index is 0.0316. The van der Waals surface area contributed by atoms with Crippen LogP contribution in [0.2, 0.25) is 0 Å². The summed E-state index contributed by atoms with van der Waals surface area (Å²) >= 11 is 0. The molecular formula is C22H32N3O14P3. The number of aryl methyl sites for hydroxylation is 1. The fraction of sp³-hybridized carbons (Fsp3) is 0.591. The van der Waals surface area contributed by atoms with E-state index in [1.54, 1.807) is 17.7 Å². The van der Waals surface area contributed by atoms with Crippen LogP contribution in [0.3, 0.4) is 0 Å². The Morgan fingerprint density at radius 3 is 2.52 bits per heavy atom. The molecule has 20 heteroatoms. The molecule has 0 radical (unpaired) electrons. The highest BCUT2D eigenvalue weighted by atomic mass is 31.3. The van der Waals surface area contributed by atoms with E-state index in [0.717, 1.165) is 0 Å². The summed E-state index contributed by atoms with van der Waals surface area (Å²) in [6, 6.07) is 0. The van der Waals surface area contributed by atoms with Crippen molar-refractivity contribution in [1.82, 2.24) is 14.5 Å². The first-order valence-corrected chi connectivity index (χ1v) is 17.0. The molecule has 0 aliphatic carbocycles. The second-order valence-corrected chi connectivity index (χ2v) is 14.2. The number of hydrogen-bond acceptors (Lipinski definition) is 11. The van der Waals surface area contributed by atoms with Crippen molar-refractivity contribution in [2.24, 2.45) is 5.92 Å². The molecular weight excluding hydrogens is 623 g/mol. The Balaban J connectivity index is 1.88. The molecule has 0 bridgehead atoms. The van der Waals surface area contributed by atoms with E-state index in [2.05, 4.69) is 30.4 Å². The van der Waals surface area contributed by atoms with Gasteiger partial charge in [0.25, 0.3) is 5.56 Å². The van der Waals surface area contributed by atoms with Gasteiger partial charge < -0.3 is 38.6 Å². The predicted molar refractivity (Wildman–Crippen MR) is 145 cm³/mol. The van der Waals surface area contributed by atoms with Gasteiger partial charge in [-0.25, -0.2) is 18.7 Å². The predicted octanol–water partition coefficient (Wildman–Crippen LogP) is 2.43. The van der Waals surface area contributed by atoms with Crippen LogP contribution in [0.25, 0.3) is 11.0 Å². The van der Waals surface area contributed by atoms with Crippen molar-refractivity contribution >= 4 is 40.3 Å². The molecule has 0 spiro atoms. The third-order valence-electron chi connectivity index (χ3n) is 5.58. The van der Waals surface area contributed by atoms with Gasteiger partial charge in [0.2, 0.25) is 0 Å². The van der Waals surface area contributed by atoms with Crippen LogP contribution in [0.15, 0.2) is 11.0 Å². The largest absolute Gasteiger partial charge is 0.490 e. The maximum atomic E-state index is 12.8. The van der Waals surface area contributed by atoms with Gasteiger partial charge in [0.15, 0.2) is 5.65 Å². The van der Waals surface area contributed by atoms with Crippen molar-refractivity contribution in [1.29, 1.82) is 0 Å². The normalized spacial score (nSPS) is 22.1. The number of H-pyrrole nitrogens is 1. The lowest BCUT2D eigenvalue weighted by molar-refractivity contribution is -0.116. The van der Waals surface area contributed by atoms with Crippen LogP contribution in [0.5, 0.6) is 0 Å². The molecule has 2 aromatic heterocycles. The van der Waals surface area contributed by atoms with Crippen molar-refractivity contribution in [2.45, 2.75) is 65.4 Å². The van der Waals surface area contributed by atoms with Gasteiger partial charge in [-0.15, -0.1) is 0 Å². The van der Waals surface area contributed by atoms with Gasteiger partial charge in [-0.05, 0) is 19.8 Å². The van der Waals surface area contributed by atoms with E-state index in [0.29, 0.717) is 11.4 Å². The van der Waals surface area contributed by atoms with Crippen LogP contribution >= 0.6 is 23.5 Å². The molecule has 1 aliphatic rings. The van der Waals surface area contributed by atoms with Crippen molar-refractivity contribution < 1.29 is 60.7 Å². The first-order valence-electron chi connectivity index (χ1n) is 12.5. The van der Waals surface area contributed by atoms with Crippen LogP contribution in [-0.4, -0.2) is 65.3 Å². The van der Waals surface area contributed by atoms with Crippen molar-refractivity contribution in [2.75, 3.05) is 13.2 Å². The summed E-state index contributed by atoms with van der Waals surface area (Å²) in [4.78, 5) is 67.8. The van der Waals surface area contributed by atoms with Gasteiger partial charge in [-0.2, -0.15) is 8.62 Å². The Morgan fingerprint density at radius 2 is 1.90 bits per heavy atom. The fourth-order valence-corrected chi connectivity index (χ4v) is 6.99. The summed E-state index contributed by atoms with van der Waals surface area (Å²) in [5, 5.41) is 0.191. The quantitative estimate of drug-likeness (QED) is 0.154. The van der Waals surface area contributed by atoms with Gasteiger partial charge in [-0.3, -0.25) is 14.1 Å². The zero-order valence-electron chi connectivity index (χ0n) is 23.0. The standard InChI is InChI=1S/C22H32N3O14P3/c1-13(2)11-35-17-9-19(37-18(17)12-36-41(31,32)39-42(33,34)38-40(28,29)30)25-10-16(8-6-5-7-14(3)26)20-21(25)23-15(4)24-22(20)27/h10,13,17-19H,5,7,9,11-12H2,1-4H3,(H,31,32)(H,33,34)(H,23,24,27)(H2,28,29,30)/t17?,18-,19-/m1/s1. The van der Waals surface area contributed by atoms with Crippen LogP contribution in [-0.2, 0) is 41.1 Å². The molecule has 42 heavy (non-hydrogen) atoms. The molecule has 0 aromatic carbocycles. The molecule has 3 unspecified atom stereocenters. The monoisotopic (exact) mass is 655 g/mol. The third kappa shape index (κ3) is 10.0. The molecule has 3 heterocycles. The summed E-state index contributed by atoms with van der Waals surface area (Å²) in [6.45, 7) is 6.37. The minimum Gasteiger partial charge on any atom is -0.375 e. The topological polar surface area (TPSA) is 246 Å². The second kappa shape index (κ2) is 13.7. The highest BCUT2D eigenvalue weighted by Crippen LogP contribution is 2.66. The Labute approximate surface area is 240 Å². The number of Topliss-reactive ketones (excluding diaryl/α,β-unsaturated/α-hetero) is 1. The maximum absolute atomic E-state index is 12.8. The maximum Gasteiger partial charge on any atom is 0.490 e. The average Bonchev–Trinajstić information content (AvgIpc) is 3.37. The number of phosphoric ester groups is 1. The van der Waals surface area contributed by atoms with E-state index in [1.165, 1.54) is 6.92 Å². The number of ether oxygens (including phenoxy) is 2. The number of aromatic nitrogens is 3. The summed E-state index contributed by atoms with van der Waals surface area (Å²) in [5.41, 5.74) is 0.137. The van der Waals surface area contributed by atoms with Gasteiger partial charge in [0, 0.05) is 32.1 Å². The Kier molecular flexibility index (Phi) is 11.3. The van der Waals surface area contributed by atoms with E-state index in [-0.39, 0.29) is 48.6 Å². The number of carbonyl (C=O) groups is 1. The Morgan fingerprint density at radius 1 is 1.21 bits per heavy atom. The molecule has 5 N–H and O–H groups in total. The molecule has 3 rings (SSSR count). The van der Waals surface area contributed by atoms with Crippen LogP contribution < -0.4 is 5.56 Å². The second-order valence-electron chi connectivity index (χ2n) is 9.82. The summed E-state index contributed by atoms with van der Waals surface area (Å²) in [5.74, 6) is 6.14. The number of fused-ring (bicyclic) bond motifs is 1. The lowest BCUT2D eigenvalue weighted by atomic mass is 10.1. The fourth-order valence-electron chi connectivity index (χ4n) is 3.96. The van der Waals surface area contributed by atoms with Gasteiger partial charge in [0.1, 0.15) is 23.9 Å². The average molecular weight is 655 g/mol. The number of nitrogens with zero attached hydrogens (tertiary/aromatic N) is 2. The van der Waals surface area contributed by atoms with Gasteiger partial charge in [-0.1, -0.05) is 25.7 Å². The summed E-state index contributed by atoms with van der Waals surface area (Å²) in [6.07, 6.45) is -0.377. The number of phosphoric acid groups is 3. The molecule has 1 aliphatic heterocycles.